The molecule has 0 aliphatic heterocycles. The van der Waals surface area contributed by atoms with E-state index in [0.717, 1.165) is 17.1 Å². The van der Waals surface area contributed by atoms with Crippen molar-refractivity contribution in [3.8, 4) is 11.5 Å². The highest BCUT2D eigenvalue weighted by atomic mass is 35.5. The van der Waals surface area contributed by atoms with Gasteiger partial charge in [0.05, 0.1) is 13.5 Å². The van der Waals surface area contributed by atoms with Gasteiger partial charge in [-0.05, 0) is 42.0 Å². The van der Waals surface area contributed by atoms with Gasteiger partial charge in [0.25, 0.3) is 0 Å². The van der Waals surface area contributed by atoms with Gasteiger partial charge in [0.1, 0.15) is 24.7 Å². The Morgan fingerprint density at radius 3 is 1.91 bits per heavy atom. The van der Waals surface area contributed by atoms with Crippen LogP contribution in [-0.4, -0.2) is 26.3 Å². The number of hydrogen-bond acceptors (Lipinski definition) is 4. The number of halogens is 1. The first-order valence-corrected chi connectivity index (χ1v) is 7.22. The molecule has 0 radical (unpaired) electrons. The molecular formula is C17H17ClO4. The van der Waals surface area contributed by atoms with Crippen LogP contribution in [0.1, 0.15) is 5.56 Å². The van der Waals surface area contributed by atoms with E-state index in [9.17, 15) is 4.79 Å². The Hall–Kier alpha value is -2.20. The molecule has 5 heteroatoms. The minimum absolute atomic E-state index is 0.259. The fourth-order valence-electron chi connectivity index (χ4n) is 1.79. The summed E-state index contributed by atoms with van der Waals surface area (Å²) < 4.78 is 15.7. The molecule has 0 bridgehead atoms. The predicted octanol–water partition coefficient (Wildman–Crippen LogP) is 3.51. The van der Waals surface area contributed by atoms with Crippen LogP contribution in [0.2, 0.25) is 5.02 Å². The summed E-state index contributed by atoms with van der Waals surface area (Å²) in [5.41, 5.74) is 0.886. The van der Waals surface area contributed by atoms with Crippen molar-refractivity contribution in [3.63, 3.8) is 0 Å². The molecule has 0 saturated heterocycles. The van der Waals surface area contributed by atoms with Crippen LogP contribution >= 0.6 is 11.6 Å². The second-order valence-electron chi connectivity index (χ2n) is 4.55. The molecule has 0 heterocycles. The zero-order valence-electron chi connectivity index (χ0n) is 12.3. The molecule has 0 saturated carbocycles. The number of carbonyl (C=O) groups is 1. The summed E-state index contributed by atoms with van der Waals surface area (Å²) in [7, 11) is 1.38. The Bertz CT molecular complexity index is 593. The first kappa shape index (κ1) is 16.2. The molecular weight excluding hydrogens is 304 g/mol. The van der Waals surface area contributed by atoms with E-state index in [-0.39, 0.29) is 12.4 Å². The van der Waals surface area contributed by atoms with E-state index >= 15 is 0 Å². The van der Waals surface area contributed by atoms with Crippen LogP contribution in [-0.2, 0) is 16.0 Å². The van der Waals surface area contributed by atoms with Crippen molar-refractivity contribution in [2.75, 3.05) is 20.3 Å². The van der Waals surface area contributed by atoms with Crippen LogP contribution in [0.5, 0.6) is 11.5 Å². The molecule has 0 atom stereocenters. The molecule has 0 amide bonds. The second-order valence-corrected chi connectivity index (χ2v) is 4.98. The summed E-state index contributed by atoms with van der Waals surface area (Å²) in [4.78, 5) is 11.2. The second kappa shape index (κ2) is 8.29. The lowest BCUT2D eigenvalue weighted by atomic mass is 10.1. The lowest BCUT2D eigenvalue weighted by molar-refractivity contribution is -0.139. The molecule has 0 spiro atoms. The van der Waals surface area contributed by atoms with Gasteiger partial charge in [-0.2, -0.15) is 0 Å². The van der Waals surface area contributed by atoms with Crippen molar-refractivity contribution in [1.29, 1.82) is 0 Å². The number of rotatable bonds is 7. The van der Waals surface area contributed by atoms with Gasteiger partial charge in [0, 0.05) is 5.02 Å². The molecule has 0 aliphatic carbocycles. The Morgan fingerprint density at radius 1 is 0.909 bits per heavy atom. The van der Waals surface area contributed by atoms with Crippen molar-refractivity contribution in [2.45, 2.75) is 6.42 Å². The Balaban J connectivity index is 1.72. The largest absolute Gasteiger partial charge is 0.490 e. The Morgan fingerprint density at radius 2 is 1.41 bits per heavy atom. The quantitative estimate of drug-likeness (QED) is 0.578. The van der Waals surface area contributed by atoms with Crippen molar-refractivity contribution in [1.82, 2.24) is 0 Å². The molecule has 2 aromatic rings. The molecule has 2 rings (SSSR count). The number of methoxy groups -OCH3 is 1. The van der Waals surface area contributed by atoms with Gasteiger partial charge in [-0.3, -0.25) is 4.79 Å². The number of carbonyl (C=O) groups excluding carboxylic acids is 1. The van der Waals surface area contributed by atoms with E-state index in [0.29, 0.717) is 18.2 Å². The third-order valence-electron chi connectivity index (χ3n) is 2.93. The van der Waals surface area contributed by atoms with E-state index in [1.165, 1.54) is 7.11 Å². The summed E-state index contributed by atoms with van der Waals surface area (Å²) >= 11 is 5.80. The van der Waals surface area contributed by atoms with Gasteiger partial charge in [0.15, 0.2) is 0 Å². The summed E-state index contributed by atoms with van der Waals surface area (Å²) in [6.45, 7) is 0.866. The predicted molar refractivity (Wildman–Crippen MR) is 84.6 cm³/mol. The third-order valence-corrected chi connectivity index (χ3v) is 3.19. The topological polar surface area (TPSA) is 44.8 Å². The fraction of sp³-hybridized carbons (Fsp3) is 0.235. The molecule has 0 aromatic heterocycles. The highest BCUT2D eigenvalue weighted by Gasteiger charge is 2.03. The summed E-state index contributed by atoms with van der Waals surface area (Å²) in [6, 6.07) is 14.5. The zero-order valence-corrected chi connectivity index (χ0v) is 13.0. The molecule has 0 fully saturated rings. The minimum atomic E-state index is -0.259. The first-order chi connectivity index (χ1) is 10.7. The maximum absolute atomic E-state index is 11.2. The van der Waals surface area contributed by atoms with Crippen molar-refractivity contribution < 1.29 is 19.0 Å². The SMILES string of the molecule is COC(=O)Cc1ccc(OCCOc2ccc(Cl)cc2)cc1. The van der Waals surface area contributed by atoms with Crippen LogP contribution < -0.4 is 9.47 Å². The number of ether oxygens (including phenoxy) is 3. The fourth-order valence-corrected chi connectivity index (χ4v) is 1.92. The van der Waals surface area contributed by atoms with E-state index in [1.807, 2.05) is 36.4 Å². The smallest absolute Gasteiger partial charge is 0.309 e. The highest BCUT2D eigenvalue weighted by molar-refractivity contribution is 6.30. The lowest BCUT2D eigenvalue weighted by Crippen LogP contribution is -2.09. The van der Waals surface area contributed by atoms with Gasteiger partial charge < -0.3 is 14.2 Å². The van der Waals surface area contributed by atoms with Crippen molar-refractivity contribution >= 4 is 17.6 Å². The van der Waals surface area contributed by atoms with Crippen LogP contribution in [0.15, 0.2) is 48.5 Å². The maximum atomic E-state index is 11.2. The van der Waals surface area contributed by atoms with Crippen LogP contribution in [0, 0.1) is 0 Å². The first-order valence-electron chi connectivity index (χ1n) is 6.84. The average molecular weight is 321 g/mol. The van der Waals surface area contributed by atoms with Gasteiger partial charge in [0.2, 0.25) is 0 Å². The minimum Gasteiger partial charge on any atom is -0.490 e. The standard InChI is InChI=1S/C17H17ClO4/c1-20-17(19)12-13-2-6-15(7-3-13)21-10-11-22-16-8-4-14(18)5-9-16/h2-9H,10-12H2,1H3. The van der Waals surface area contributed by atoms with E-state index in [4.69, 9.17) is 21.1 Å². The molecule has 116 valence electrons. The van der Waals surface area contributed by atoms with E-state index in [1.54, 1.807) is 12.1 Å². The zero-order chi connectivity index (χ0) is 15.8. The normalized spacial score (nSPS) is 10.1. The molecule has 0 N–H and O–H groups in total. The molecule has 4 nitrogen and oxygen atoms in total. The third kappa shape index (κ3) is 5.30. The summed E-state index contributed by atoms with van der Waals surface area (Å²) in [5.74, 6) is 1.22. The van der Waals surface area contributed by atoms with Crippen LogP contribution in [0.3, 0.4) is 0 Å². The summed E-state index contributed by atoms with van der Waals surface area (Å²) in [5, 5.41) is 0.677. The van der Waals surface area contributed by atoms with Crippen LogP contribution in [0.4, 0.5) is 0 Å². The maximum Gasteiger partial charge on any atom is 0.309 e. The van der Waals surface area contributed by atoms with E-state index < -0.39 is 0 Å². The summed E-state index contributed by atoms with van der Waals surface area (Å²) in [6.07, 6.45) is 0.260. The Kier molecular flexibility index (Phi) is 6.10. The monoisotopic (exact) mass is 320 g/mol. The Labute approximate surface area is 134 Å². The molecule has 22 heavy (non-hydrogen) atoms. The van der Waals surface area contributed by atoms with Gasteiger partial charge in [-0.15, -0.1) is 0 Å². The van der Waals surface area contributed by atoms with Gasteiger partial charge in [-0.1, -0.05) is 23.7 Å². The van der Waals surface area contributed by atoms with E-state index in [2.05, 4.69) is 4.74 Å². The lowest BCUT2D eigenvalue weighted by Gasteiger charge is -2.09. The molecule has 2 aromatic carbocycles. The highest BCUT2D eigenvalue weighted by Crippen LogP contribution is 2.16. The molecule has 0 aliphatic rings. The van der Waals surface area contributed by atoms with Crippen LogP contribution in [0.25, 0.3) is 0 Å². The number of esters is 1. The molecule has 0 unspecified atom stereocenters. The van der Waals surface area contributed by atoms with Crippen molar-refractivity contribution in [2.24, 2.45) is 0 Å². The number of hydrogen-bond donors (Lipinski definition) is 0. The van der Waals surface area contributed by atoms with Gasteiger partial charge in [-0.25, -0.2) is 0 Å². The van der Waals surface area contributed by atoms with Gasteiger partial charge >= 0.3 is 5.97 Å². The van der Waals surface area contributed by atoms with Crippen molar-refractivity contribution in [3.05, 3.63) is 59.1 Å². The number of benzene rings is 2. The average Bonchev–Trinajstić information content (AvgIpc) is 2.54.